The van der Waals surface area contributed by atoms with Gasteiger partial charge in [-0.1, -0.05) is 162 Å². The maximum absolute atomic E-state index is 15.0. The fraction of sp³-hybridized carbons (Fsp3) is 0.333. The van der Waals surface area contributed by atoms with Gasteiger partial charge in [-0.25, -0.2) is 9.69 Å². The van der Waals surface area contributed by atoms with Crippen LogP contribution in [0.25, 0.3) is 0 Å². The van der Waals surface area contributed by atoms with E-state index >= 15 is 4.79 Å². The zero-order valence-electron chi connectivity index (χ0n) is 38.7. The van der Waals surface area contributed by atoms with Gasteiger partial charge in [-0.15, -0.1) is 11.5 Å². The average molecular weight is 1030 g/mol. The van der Waals surface area contributed by atoms with E-state index in [0.29, 0.717) is 19.6 Å². The van der Waals surface area contributed by atoms with E-state index in [1.165, 1.54) is 15.3 Å². The summed E-state index contributed by atoms with van der Waals surface area (Å²) in [6.07, 6.45) is -1.27. The number of cyclic esters (lactones) is 1. The van der Waals surface area contributed by atoms with Crippen molar-refractivity contribution in [1.29, 1.82) is 0 Å². The van der Waals surface area contributed by atoms with E-state index in [2.05, 4.69) is 140 Å². The first-order valence-corrected chi connectivity index (χ1v) is 25.4. The molecule has 67 heavy (non-hydrogen) atoms. The SMILES string of the molecule is C[C@@H](OCc1ccccc1)[C@H](C#C[Si](C)(C)C)[C@@H](CCO[Si](c1ccccc1)(c1ccccc1)C(C)(C)C)C(=O)N1C(=O)O[C@H](c2ccccc2)[C@@H]1C.[C-]#[O+].[C-]#[O+].[C-]#[O+].[C-]#[O+].[C-]#[O+].[C-]#[O+].[Co].[Co]. The molecule has 356 valence electrons. The van der Waals surface area contributed by atoms with Crippen LogP contribution in [0.15, 0.2) is 121 Å². The number of imide groups is 1. The fourth-order valence-corrected chi connectivity index (χ4v) is 12.5. The van der Waals surface area contributed by atoms with Crippen molar-refractivity contribution < 1.29 is 85.0 Å². The minimum absolute atomic E-state index is 0. The number of hydrogen-bond acceptors (Lipinski definition) is 5. The molecule has 4 aromatic rings. The zero-order chi connectivity index (χ0) is 50.2. The van der Waals surface area contributed by atoms with Gasteiger partial charge in [0.1, 0.15) is 14.2 Å². The van der Waals surface area contributed by atoms with Crippen LogP contribution in [-0.4, -0.2) is 52.0 Å². The van der Waals surface area contributed by atoms with E-state index in [1.54, 1.807) is 0 Å². The van der Waals surface area contributed by atoms with Gasteiger partial charge in [0.05, 0.1) is 30.6 Å². The quantitative estimate of drug-likeness (QED) is 0.0562. The molecular weight excluding hydrogens is 977 g/mol. The molecule has 1 saturated heterocycles. The van der Waals surface area contributed by atoms with Crippen LogP contribution in [0.1, 0.15) is 58.3 Å². The number of hydrogen-bond donors (Lipinski definition) is 0. The van der Waals surface area contributed by atoms with Crippen LogP contribution in [0.5, 0.6) is 0 Å². The van der Waals surface area contributed by atoms with E-state index in [0.717, 1.165) is 11.1 Å². The van der Waals surface area contributed by atoms with Gasteiger partial charge in [-0.3, -0.25) is 4.79 Å². The number of benzene rings is 4. The molecule has 2 radical (unpaired) electrons. The Kier molecular flexibility index (Phi) is 38.2. The van der Waals surface area contributed by atoms with Crippen molar-refractivity contribution in [1.82, 2.24) is 4.90 Å². The van der Waals surface area contributed by atoms with Gasteiger partial charge in [0, 0.05) is 40.2 Å². The molecule has 2 amide bonds. The van der Waals surface area contributed by atoms with Crippen molar-refractivity contribution in [3.05, 3.63) is 172 Å². The van der Waals surface area contributed by atoms with Gasteiger partial charge in [0.2, 0.25) is 5.91 Å². The maximum Gasteiger partial charge on any atom is 0 e. The van der Waals surface area contributed by atoms with Crippen LogP contribution >= 0.6 is 0 Å². The van der Waals surface area contributed by atoms with Crippen LogP contribution < -0.4 is 10.4 Å². The van der Waals surface area contributed by atoms with Crippen LogP contribution in [0, 0.1) is 63.2 Å². The molecule has 0 spiro atoms. The molecule has 0 saturated carbocycles. The monoisotopic (exact) mass is 1030 g/mol. The minimum atomic E-state index is -2.91. The van der Waals surface area contributed by atoms with E-state index in [1.807, 2.05) is 86.6 Å². The van der Waals surface area contributed by atoms with Gasteiger partial charge in [-0.05, 0) is 46.8 Å². The van der Waals surface area contributed by atoms with Crippen molar-refractivity contribution in [3.63, 3.8) is 0 Å². The third-order valence-electron chi connectivity index (χ3n) is 10.0. The largest absolute Gasteiger partial charge is 0 e. The van der Waals surface area contributed by atoms with E-state index < -0.39 is 52.6 Å². The smallest absolute Gasteiger partial charge is 0 e. The summed E-state index contributed by atoms with van der Waals surface area (Å²) in [6.45, 7) is 44.9. The summed E-state index contributed by atoms with van der Waals surface area (Å²) in [4.78, 5) is 30.0. The summed E-state index contributed by atoms with van der Waals surface area (Å²) in [5.74, 6) is 2.04. The topological polar surface area (TPSA) is 184 Å². The van der Waals surface area contributed by atoms with Crippen molar-refractivity contribution in [3.8, 4) is 11.5 Å². The summed E-state index contributed by atoms with van der Waals surface area (Å²) < 4.78 is 64.8. The van der Waals surface area contributed by atoms with Gasteiger partial charge in [0.25, 0.3) is 8.32 Å². The number of nitrogens with zero attached hydrogens (tertiary/aromatic N) is 1. The second-order valence-electron chi connectivity index (χ2n) is 16.1. The Hall–Kier alpha value is -4.81. The summed E-state index contributed by atoms with van der Waals surface area (Å²) in [5.41, 5.74) is 5.45. The molecule has 0 unspecified atom stereocenters. The van der Waals surface area contributed by atoms with E-state index in [4.69, 9.17) is 41.8 Å². The first-order valence-electron chi connectivity index (χ1n) is 20.0. The number of carbonyl (C=O) groups excluding carboxylic acids is 2. The first-order chi connectivity index (χ1) is 31.2. The number of carbonyl (C=O) groups is 2. The van der Waals surface area contributed by atoms with Crippen LogP contribution in [-0.2, 0) is 86.8 Å². The summed E-state index contributed by atoms with van der Waals surface area (Å²) in [5, 5.41) is 2.09. The van der Waals surface area contributed by atoms with Crippen molar-refractivity contribution in [2.75, 3.05) is 6.61 Å². The molecule has 5 rings (SSSR count). The van der Waals surface area contributed by atoms with Crippen molar-refractivity contribution >= 4 is 38.8 Å². The molecule has 1 aliphatic rings. The standard InChI is InChI=1S/C45H55NO5Si2.6CO.2Co/c1-34-42(37-23-15-10-16-24-37)51-44(48)46(34)43(47)41(40(30-32-52(6,7)8)35(2)49-33-36-21-13-9-14-22-36)29-31-50-53(45(3,4)5,38-25-17-11-18-26-38)39-27-19-12-20-28-39;6*1-2;;/h9-28,34-35,40-42H,29,31,33H2,1-8H3;;;;;;;;/t34-,35+,40-,41+,42-;;;;;;;;/m0......../s1. The molecule has 1 heterocycles. The Labute approximate surface area is 419 Å². The third-order valence-corrected chi connectivity index (χ3v) is 16.0. The van der Waals surface area contributed by atoms with Gasteiger partial charge in [-0.2, -0.15) is 0 Å². The molecule has 0 N–H and O–H groups in total. The number of amides is 2. The third kappa shape index (κ3) is 20.5. The second-order valence-corrected chi connectivity index (χ2v) is 25.2. The summed E-state index contributed by atoms with van der Waals surface area (Å²) in [7, 11) is -4.79. The van der Waals surface area contributed by atoms with Gasteiger partial charge < -0.3 is 13.9 Å². The fourth-order valence-electron chi connectivity index (χ4n) is 7.33. The van der Waals surface area contributed by atoms with Crippen LogP contribution in [0.3, 0.4) is 0 Å². The van der Waals surface area contributed by atoms with E-state index in [-0.39, 0.29) is 44.5 Å². The van der Waals surface area contributed by atoms with Crippen LogP contribution in [0.4, 0.5) is 4.79 Å². The zero-order valence-corrected chi connectivity index (χ0v) is 42.7. The maximum atomic E-state index is 15.0. The molecular formula is C51H55Co2NO11Si2. The van der Waals surface area contributed by atoms with E-state index in [9.17, 15) is 4.79 Å². The van der Waals surface area contributed by atoms with Gasteiger partial charge in [0.15, 0.2) is 0 Å². The Morgan fingerprint density at radius 1 is 0.716 bits per heavy atom. The average Bonchev–Trinajstić information content (AvgIpc) is 3.65. The summed E-state index contributed by atoms with van der Waals surface area (Å²) in [6, 6.07) is 40.1. The molecule has 0 aromatic heterocycles. The number of ether oxygens (including phenoxy) is 2. The van der Waals surface area contributed by atoms with Crippen molar-refractivity contribution in [2.45, 2.75) is 90.6 Å². The second kappa shape index (κ2) is 37.2. The predicted octanol–water partition coefficient (Wildman–Crippen LogP) is 8.55. The minimum Gasteiger partial charge on any atom is 0 e. The molecule has 0 aliphatic carbocycles. The van der Waals surface area contributed by atoms with Crippen molar-refractivity contribution in [2.24, 2.45) is 11.8 Å². The molecule has 4 aromatic carbocycles. The van der Waals surface area contributed by atoms with Gasteiger partial charge >= 0.3 is 73.9 Å². The van der Waals surface area contributed by atoms with Crippen LogP contribution in [0.2, 0.25) is 24.7 Å². The molecule has 12 nitrogen and oxygen atoms in total. The molecule has 16 heteroatoms. The summed E-state index contributed by atoms with van der Waals surface area (Å²) >= 11 is 0. The molecule has 5 atom stereocenters. The Bertz CT molecular complexity index is 2080. The predicted molar refractivity (Wildman–Crippen MR) is 243 cm³/mol. The number of rotatable bonds is 13. The Morgan fingerprint density at radius 3 is 1.52 bits per heavy atom. The first kappa shape index (κ1) is 68.8. The molecule has 1 aliphatic heterocycles. The Balaban J connectivity index is -0.00000131. The Morgan fingerprint density at radius 2 is 1.12 bits per heavy atom. The molecule has 0 bridgehead atoms. The molecule has 1 fully saturated rings. The normalized spacial score (nSPS) is 14.4.